The van der Waals surface area contributed by atoms with E-state index in [2.05, 4.69) is 43.4 Å². The summed E-state index contributed by atoms with van der Waals surface area (Å²) in [5, 5.41) is 3.58. The molecule has 1 aromatic carbocycles. The van der Waals surface area contributed by atoms with Crippen molar-refractivity contribution in [1.29, 1.82) is 0 Å². The molecule has 0 radical (unpaired) electrons. The minimum absolute atomic E-state index is 0.499. The van der Waals surface area contributed by atoms with Crippen LogP contribution in [0.4, 0.5) is 0 Å². The molecule has 1 aliphatic carbocycles. The molecule has 0 aromatic heterocycles. The van der Waals surface area contributed by atoms with Crippen molar-refractivity contribution in [2.24, 2.45) is 0 Å². The molecule has 1 aromatic rings. The van der Waals surface area contributed by atoms with Crippen molar-refractivity contribution in [1.82, 2.24) is 5.32 Å². The summed E-state index contributed by atoms with van der Waals surface area (Å²) in [4.78, 5) is 0. The lowest BCUT2D eigenvalue weighted by Crippen LogP contribution is -2.45. The molecule has 1 aliphatic rings. The standard InChI is InChI=1S/C14H21NO/c1-3-16-14-8-13(9-14)15-10-12-7-5-4-6-11(12)2/h4-7,13-15H,3,8-10H2,1-2H3. The Balaban J connectivity index is 1.72. The summed E-state index contributed by atoms with van der Waals surface area (Å²) < 4.78 is 5.54. The van der Waals surface area contributed by atoms with Gasteiger partial charge in [-0.1, -0.05) is 24.3 Å². The number of benzene rings is 1. The van der Waals surface area contributed by atoms with Gasteiger partial charge in [-0.2, -0.15) is 0 Å². The van der Waals surface area contributed by atoms with Crippen molar-refractivity contribution in [2.75, 3.05) is 6.61 Å². The lowest BCUT2D eigenvalue weighted by molar-refractivity contribution is -0.0102. The second-order valence-corrected chi connectivity index (χ2v) is 4.55. The highest BCUT2D eigenvalue weighted by molar-refractivity contribution is 5.25. The molecule has 2 heteroatoms. The third-order valence-electron chi connectivity index (χ3n) is 3.34. The van der Waals surface area contributed by atoms with E-state index in [1.807, 2.05) is 0 Å². The van der Waals surface area contributed by atoms with Crippen molar-refractivity contribution in [3.63, 3.8) is 0 Å². The monoisotopic (exact) mass is 219 g/mol. The molecule has 0 spiro atoms. The summed E-state index contributed by atoms with van der Waals surface area (Å²) in [6, 6.07) is 9.21. The molecule has 0 bridgehead atoms. The van der Waals surface area contributed by atoms with E-state index in [9.17, 15) is 0 Å². The van der Waals surface area contributed by atoms with Crippen LogP contribution in [0.15, 0.2) is 24.3 Å². The van der Waals surface area contributed by atoms with Crippen LogP contribution < -0.4 is 5.32 Å². The average molecular weight is 219 g/mol. The van der Waals surface area contributed by atoms with Gasteiger partial charge in [0.25, 0.3) is 0 Å². The topological polar surface area (TPSA) is 21.3 Å². The maximum Gasteiger partial charge on any atom is 0.0604 e. The Bertz CT molecular complexity index is 331. The molecule has 0 saturated heterocycles. The van der Waals surface area contributed by atoms with Gasteiger partial charge < -0.3 is 10.1 Å². The molecular weight excluding hydrogens is 198 g/mol. The van der Waals surface area contributed by atoms with Crippen molar-refractivity contribution in [3.8, 4) is 0 Å². The van der Waals surface area contributed by atoms with E-state index < -0.39 is 0 Å². The molecule has 1 fully saturated rings. The first kappa shape index (κ1) is 11.6. The Labute approximate surface area is 98.0 Å². The van der Waals surface area contributed by atoms with Gasteiger partial charge in [0, 0.05) is 19.2 Å². The van der Waals surface area contributed by atoms with Gasteiger partial charge in [0.1, 0.15) is 0 Å². The van der Waals surface area contributed by atoms with Crippen molar-refractivity contribution >= 4 is 0 Å². The van der Waals surface area contributed by atoms with Gasteiger partial charge in [0.15, 0.2) is 0 Å². The first-order valence-electron chi connectivity index (χ1n) is 6.19. The fraction of sp³-hybridized carbons (Fsp3) is 0.571. The summed E-state index contributed by atoms with van der Waals surface area (Å²) >= 11 is 0. The molecule has 0 amide bonds. The van der Waals surface area contributed by atoms with Crippen LogP contribution >= 0.6 is 0 Å². The van der Waals surface area contributed by atoms with Crippen molar-refractivity contribution < 1.29 is 4.74 Å². The number of ether oxygens (including phenoxy) is 1. The number of aryl methyl sites for hydroxylation is 1. The predicted molar refractivity (Wildman–Crippen MR) is 66.5 cm³/mol. The van der Waals surface area contributed by atoms with Crippen molar-refractivity contribution in [2.45, 2.75) is 45.4 Å². The molecule has 0 atom stereocenters. The highest BCUT2D eigenvalue weighted by atomic mass is 16.5. The van der Waals surface area contributed by atoms with Gasteiger partial charge in [0.05, 0.1) is 6.10 Å². The van der Waals surface area contributed by atoms with Crippen LogP contribution in [0.2, 0.25) is 0 Å². The number of hydrogen-bond donors (Lipinski definition) is 1. The molecule has 0 unspecified atom stereocenters. The summed E-state index contributed by atoms with van der Waals surface area (Å²) in [5.41, 5.74) is 2.78. The number of nitrogens with one attached hydrogen (secondary N) is 1. The highest BCUT2D eigenvalue weighted by Crippen LogP contribution is 2.23. The van der Waals surface area contributed by atoms with E-state index in [1.54, 1.807) is 0 Å². The van der Waals surface area contributed by atoms with E-state index in [1.165, 1.54) is 24.0 Å². The highest BCUT2D eigenvalue weighted by Gasteiger charge is 2.28. The number of hydrogen-bond acceptors (Lipinski definition) is 2. The largest absolute Gasteiger partial charge is 0.378 e. The average Bonchev–Trinajstić information content (AvgIpc) is 2.23. The quantitative estimate of drug-likeness (QED) is 0.822. The van der Waals surface area contributed by atoms with Crippen LogP contribution in [-0.2, 0) is 11.3 Å². The SMILES string of the molecule is CCOC1CC(NCc2ccccc2C)C1. The van der Waals surface area contributed by atoms with Crippen LogP contribution in [-0.4, -0.2) is 18.8 Å². The Kier molecular flexibility index (Phi) is 3.97. The number of rotatable bonds is 5. The van der Waals surface area contributed by atoms with E-state index in [0.29, 0.717) is 12.1 Å². The fourth-order valence-electron chi connectivity index (χ4n) is 2.17. The summed E-state index contributed by atoms with van der Waals surface area (Å²) in [6.45, 7) is 6.06. The fourth-order valence-corrected chi connectivity index (χ4v) is 2.17. The molecule has 16 heavy (non-hydrogen) atoms. The normalized spacial score (nSPS) is 24.1. The minimum atomic E-state index is 0.499. The van der Waals surface area contributed by atoms with Gasteiger partial charge in [-0.25, -0.2) is 0 Å². The van der Waals surface area contributed by atoms with Crippen LogP contribution in [0.3, 0.4) is 0 Å². The molecule has 88 valence electrons. The maximum atomic E-state index is 5.54. The Morgan fingerprint density at radius 1 is 1.31 bits per heavy atom. The van der Waals surface area contributed by atoms with Crippen molar-refractivity contribution in [3.05, 3.63) is 35.4 Å². The first-order chi connectivity index (χ1) is 7.79. The molecule has 1 N–H and O–H groups in total. The smallest absolute Gasteiger partial charge is 0.0604 e. The maximum absolute atomic E-state index is 5.54. The van der Waals surface area contributed by atoms with E-state index >= 15 is 0 Å². The van der Waals surface area contributed by atoms with E-state index in [0.717, 1.165) is 13.2 Å². The van der Waals surface area contributed by atoms with Gasteiger partial charge in [0.2, 0.25) is 0 Å². The lowest BCUT2D eigenvalue weighted by atomic mass is 9.89. The summed E-state index contributed by atoms with van der Waals surface area (Å²) in [6.07, 6.45) is 2.83. The molecule has 2 rings (SSSR count). The van der Waals surface area contributed by atoms with Gasteiger partial charge in [-0.3, -0.25) is 0 Å². The van der Waals surface area contributed by atoms with Crippen LogP contribution in [0.5, 0.6) is 0 Å². The molecule has 2 nitrogen and oxygen atoms in total. The molecule has 0 heterocycles. The van der Waals surface area contributed by atoms with Gasteiger partial charge in [-0.05, 0) is 37.8 Å². The summed E-state index contributed by atoms with van der Waals surface area (Å²) in [5.74, 6) is 0. The van der Waals surface area contributed by atoms with Gasteiger partial charge >= 0.3 is 0 Å². The molecular formula is C14H21NO. The zero-order valence-electron chi connectivity index (χ0n) is 10.2. The summed E-state index contributed by atoms with van der Waals surface area (Å²) in [7, 11) is 0. The third kappa shape index (κ3) is 2.83. The second kappa shape index (κ2) is 5.46. The zero-order valence-corrected chi connectivity index (χ0v) is 10.2. The van der Waals surface area contributed by atoms with Crippen LogP contribution in [0.25, 0.3) is 0 Å². The predicted octanol–water partition coefficient (Wildman–Crippen LogP) is 2.65. The Hall–Kier alpha value is -0.860. The van der Waals surface area contributed by atoms with E-state index in [4.69, 9.17) is 4.74 Å². The van der Waals surface area contributed by atoms with Crippen LogP contribution in [0.1, 0.15) is 30.9 Å². The zero-order chi connectivity index (χ0) is 11.4. The molecule has 1 saturated carbocycles. The third-order valence-corrected chi connectivity index (χ3v) is 3.34. The second-order valence-electron chi connectivity index (χ2n) is 4.55. The van der Waals surface area contributed by atoms with Gasteiger partial charge in [-0.15, -0.1) is 0 Å². The Morgan fingerprint density at radius 2 is 2.06 bits per heavy atom. The molecule has 0 aliphatic heterocycles. The van der Waals surface area contributed by atoms with E-state index in [-0.39, 0.29) is 0 Å². The lowest BCUT2D eigenvalue weighted by Gasteiger charge is -2.35. The first-order valence-corrected chi connectivity index (χ1v) is 6.19. The Morgan fingerprint density at radius 3 is 2.75 bits per heavy atom. The minimum Gasteiger partial charge on any atom is -0.378 e. The van der Waals surface area contributed by atoms with Crippen LogP contribution in [0, 0.1) is 6.92 Å².